The number of fused-ring (bicyclic) bond motifs is 1. The van der Waals surface area contributed by atoms with Gasteiger partial charge in [-0.2, -0.15) is 0 Å². The molecule has 0 radical (unpaired) electrons. The van der Waals surface area contributed by atoms with Crippen LogP contribution < -0.4 is 14.9 Å². The summed E-state index contributed by atoms with van der Waals surface area (Å²) >= 11 is 0. The van der Waals surface area contributed by atoms with Crippen molar-refractivity contribution in [1.29, 1.82) is 0 Å². The molecule has 0 bridgehead atoms. The van der Waals surface area contributed by atoms with Gasteiger partial charge in [0.15, 0.2) is 0 Å². The first-order valence-corrected chi connectivity index (χ1v) is 10.0. The van der Waals surface area contributed by atoms with Crippen LogP contribution in [0.5, 0.6) is 17.2 Å². The Bertz CT molecular complexity index is 1350. The van der Waals surface area contributed by atoms with Crippen LogP contribution in [0.3, 0.4) is 0 Å². The highest BCUT2D eigenvalue weighted by Crippen LogP contribution is 2.26. The number of aryl methyl sites for hydroxylation is 1. The average Bonchev–Trinajstić information content (AvgIpc) is 2.81. The van der Waals surface area contributed by atoms with E-state index in [1.165, 1.54) is 48.7 Å². The quantitative estimate of drug-likeness (QED) is 0.216. The van der Waals surface area contributed by atoms with Crippen molar-refractivity contribution in [2.75, 3.05) is 0 Å². The van der Waals surface area contributed by atoms with Gasteiger partial charge in [0, 0.05) is 12.1 Å². The molecule has 0 atom stereocenters. The van der Waals surface area contributed by atoms with Gasteiger partial charge in [0.1, 0.15) is 29.2 Å². The SMILES string of the molecule is CCc1ccccc1Oc1coc2cc(OC(=O)/C=C/c3ccc(F)cc3)ccc2c1=O. The highest BCUT2D eigenvalue weighted by atomic mass is 19.1. The maximum atomic E-state index is 12.9. The van der Waals surface area contributed by atoms with E-state index < -0.39 is 5.97 Å². The van der Waals surface area contributed by atoms with Crippen LogP contribution in [0.25, 0.3) is 17.0 Å². The predicted molar refractivity (Wildman–Crippen MR) is 119 cm³/mol. The third-order valence-corrected chi connectivity index (χ3v) is 4.79. The zero-order valence-corrected chi connectivity index (χ0v) is 17.2. The molecule has 4 aromatic rings. The fraction of sp³-hybridized carbons (Fsp3) is 0.0769. The molecule has 0 spiro atoms. The molecule has 0 amide bonds. The largest absolute Gasteiger partial charge is 0.460 e. The summed E-state index contributed by atoms with van der Waals surface area (Å²) in [5, 5.41) is 0.304. The van der Waals surface area contributed by atoms with Crippen molar-refractivity contribution in [2.45, 2.75) is 13.3 Å². The second-order valence-electron chi connectivity index (χ2n) is 6.96. The summed E-state index contributed by atoms with van der Waals surface area (Å²) in [6.45, 7) is 2.00. The zero-order chi connectivity index (χ0) is 22.5. The van der Waals surface area contributed by atoms with E-state index in [4.69, 9.17) is 13.9 Å². The number of esters is 1. The van der Waals surface area contributed by atoms with Gasteiger partial charge in [0.05, 0.1) is 5.39 Å². The van der Waals surface area contributed by atoms with Crippen LogP contribution in [0.1, 0.15) is 18.1 Å². The molecule has 4 rings (SSSR count). The van der Waals surface area contributed by atoms with E-state index in [0.29, 0.717) is 16.7 Å². The second kappa shape index (κ2) is 9.31. The second-order valence-corrected chi connectivity index (χ2v) is 6.96. The van der Waals surface area contributed by atoms with Crippen LogP contribution in [0.15, 0.2) is 88.3 Å². The number of carbonyl (C=O) groups is 1. The Kier molecular flexibility index (Phi) is 6.12. The molecule has 0 saturated heterocycles. The van der Waals surface area contributed by atoms with Gasteiger partial charge < -0.3 is 13.9 Å². The maximum Gasteiger partial charge on any atom is 0.336 e. The van der Waals surface area contributed by atoms with Gasteiger partial charge >= 0.3 is 5.97 Å². The average molecular weight is 430 g/mol. The Morgan fingerprint density at radius 1 is 1.03 bits per heavy atom. The van der Waals surface area contributed by atoms with Crippen molar-refractivity contribution in [3.8, 4) is 17.2 Å². The van der Waals surface area contributed by atoms with E-state index in [1.54, 1.807) is 18.2 Å². The summed E-state index contributed by atoms with van der Waals surface area (Å²) in [7, 11) is 0. The number of carbonyl (C=O) groups excluding carboxylic acids is 1. The Hall–Kier alpha value is -4.19. The lowest BCUT2D eigenvalue weighted by Gasteiger charge is -2.09. The minimum atomic E-state index is -0.618. The van der Waals surface area contributed by atoms with Crippen molar-refractivity contribution >= 4 is 23.0 Å². The molecular formula is C26H19FO5. The van der Waals surface area contributed by atoms with Crippen molar-refractivity contribution in [1.82, 2.24) is 0 Å². The molecular weight excluding hydrogens is 411 g/mol. The van der Waals surface area contributed by atoms with E-state index in [2.05, 4.69) is 0 Å². The number of benzene rings is 3. The zero-order valence-electron chi connectivity index (χ0n) is 17.2. The molecule has 0 N–H and O–H groups in total. The first kappa shape index (κ1) is 21.1. The Morgan fingerprint density at radius 3 is 2.59 bits per heavy atom. The number of ether oxygens (including phenoxy) is 2. The fourth-order valence-electron chi connectivity index (χ4n) is 3.13. The van der Waals surface area contributed by atoms with Gasteiger partial charge in [-0.1, -0.05) is 37.3 Å². The fourth-order valence-corrected chi connectivity index (χ4v) is 3.13. The number of halogens is 1. The van der Waals surface area contributed by atoms with Crippen molar-refractivity contribution in [3.63, 3.8) is 0 Å². The standard InChI is InChI=1S/C26H19FO5/c1-2-18-5-3-4-6-22(18)32-24-16-30-23-15-20(12-13-21(23)26(24)29)31-25(28)14-9-17-7-10-19(27)11-8-17/h3-16H,2H2,1H3/b14-9+. The summed E-state index contributed by atoms with van der Waals surface area (Å²) in [5.74, 6) is -0.0809. The molecule has 3 aromatic carbocycles. The number of rotatable bonds is 6. The van der Waals surface area contributed by atoms with Gasteiger partial charge in [0.2, 0.25) is 11.2 Å². The molecule has 5 nitrogen and oxygen atoms in total. The van der Waals surface area contributed by atoms with Gasteiger partial charge in [-0.25, -0.2) is 9.18 Å². The van der Waals surface area contributed by atoms with Crippen molar-refractivity contribution < 1.29 is 23.1 Å². The topological polar surface area (TPSA) is 65.7 Å². The number of hydrogen-bond acceptors (Lipinski definition) is 5. The molecule has 0 fully saturated rings. The van der Waals surface area contributed by atoms with Crippen LogP contribution in [0.2, 0.25) is 0 Å². The van der Waals surface area contributed by atoms with Crippen LogP contribution in [0, 0.1) is 5.82 Å². The van der Waals surface area contributed by atoms with Gasteiger partial charge in [0.25, 0.3) is 0 Å². The molecule has 0 aliphatic heterocycles. The van der Waals surface area contributed by atoms with E-state index in [9.17, 15) is 14.0 Å². The monoisotopic (exact) mass is 430 g/mol. The summed E-state index contributed by atoms with van der Waals surface area (Å²) in [6.07, 6.45) is 4.76. The molecule has 1 heterocycles. The third-order valence-electron chi connectivity index (χ3n) is 4.79. The van der Waals surface area contributed by atoms with Crippen molar-refractivity contribution in [3.05, 3.63) is 106 Å². The van der Waals surface area contributed by atoms with Crippen LogP contribution in [-0.4, -0.2) is 5.97 Å². The number of para-hydroxylation sites is 1. The first-order valence-electron chi connectivity index (χ1n) is 10.0. The van der Waals surface area contributed by atoms with Crippen LogP contribution in [-0.2, 0) is 11.2 Å². The third kappa shape index (κ3) is 4.75. The van der Waals surface area contributed by atoms with E-state index in [1.807, 2.05) is 25.1 Å². The van der Waals surface area contributed by atoms with E-state index >= 15 is 0 Å². The maximum absolute atomic E-state index is 12.9. The van der Waals surface area contributed by atoms with Crippen LogP contribution >= 0.6 is 0 Å². The summed E-state index contributed by atoms with van der Waals surface area (Å²) in [4.78, 5) is 24.9. The van der Waals surface area contributed by atoms with Gasteiger partial charge in [-0.15, -0.1) is 0 Å². The molecule has 1 aromatic heterocycles. The van der Waals surface area contributed by atoms with Gasteiger partial charge in [-0.3, -0.25) is 4.79 Å². The highest BCUT2D eigenvalue weighted by molar-refractivity contribution is 5.89. The Morgan fingerprint density at radius 2 is 1.81 bits per heavy atom. The van der Waals surface area contributed by atoms with E-state index in [0.717, 1.165) is 12.0 Å². The normalized spacial score (nSPS) is 11.1. The molecule has 6 heteroatoms. The summed E-state index contributed by atoms with van der Waals surface area (Å²) in [5.41, 5.74) is 1.57. The van der Waals surface area contributed by atoms with Gasteiger partial charge in [-0.05, 0) is 54.0 Å². The lowest BCUT2D eigenvalue weighted by molar-refractivity contribution is -0.128. The lowest BCUT2D eigenvalue weighted by Crippen LogP contribution is -2.07. The van der Waals surface area contributed by atoms with Crippen molar-refractivity contribution in [2.24, 2.45) is 0 Å². The smallest absolute Gasteiger partial charge is 0.336 e. The molecule has 32 heavy (non-hydrogen) atoms. The van der Waals surface area contributed by atoms with Crippen LogP contribution in [0.4, 0.5) is 4.39 Å². The molecule has 0 saturated carbocycles. The Labute approximate surface area is 183 Å². The molecule has 160 valence electrons. The number of hydrogen-bond donors (Lipinski definition) is 0. The Balaban J connectivity index is 1.52. The summed E-state index contributed by atoms with van der Waals surface area (Å²) < 4.78 is 29.6. The predicted octanol–water partition coefficient (Wildman–Crippen LogP) is 5.91. The highest BCUT2D eigenvalue weighted by Gasteiger charge is 2.12. The molecule has 0 aliphatic rings. The lowest BCUT2D eigenvalue weighted by atomic mass is 10.1. The van der Waals surface area contributed by atoms with E-state index in [-0.39, 0.29) is 28.3 Å². The molecule has 0 unspecified atom stereocenters. The summed E-state index contributed by atoms with van der Waals surface area (Å²) in [6, 6.07) is 17.7. The molecule has 0 aliphatic carbocycles. The minimum absolute atomic E-state index is 0.0744. The first-order chi connectivity index (χ1) is 15.5. The minimum Gasteiger partial charge on any atom is -0.460 e.